The van der Waals surface area contributed by atoms with E-state index in [9.17, 15) is 9.70 Å². The van der Waals surface area contributed by atoms with Gasteiger partial charge in [-0.05, 0) is 17.0 Å². The van der Waals surface area contributed by atoms with Gasteiger partial charge in [0.1, 0.15) is 6.54 Å². The number of hydrazone groups is 1. The van der Waals surface area contributed by atoms with Gasteiger partial charge in [0.15, 0.2) is 0 Å². The Balaban J connectivity index is 2.13. The molecule has 0 aliphatic rings. The average Bonchev–Trinajstić information content (AvgIpc) is 2.98. The number of nitroso groups, excluding NO2 is 1. The number of amides is 1. The lowest BCUT2D eigenvalue weighted by Crippen LogP contribution is -2.20. The van der Waals surface area contributed by atoms with E-state index in [0.29, 0.717) is 10.6 Å². The minimum Gasteiger partial charge on any atom is -0.266 e. The minimum atomic E-state index is -0.297. The van der Waals surface area contributed by atoms with Crippen molar-refractivity contribution in [3.63, 3.8) is 0 Å². The molecule has 0 aliphatic heterocycles. The van der Waals surface area contributed by atoms with Crippen molar-refractivity contribution in [2.75, 3.05) is 6.54 Å². The Kier molecular flexibility index (Phi) is 4.52. The number of carbonyl (C=O) groups is 1. The molecular formula is C13H11N3O2S. The predicted octanol–water partition coefficient (Wildman–Crippen LogP) is 2.65. The molecule has 5 nitrogen and oxygen atoms in total. The van der Waals surface area contributed by atoms with E-state index >= 15 is 0 Å². The predicted molar refractivity (Wildman–Crippen MR) is 75.4 cm³/mol. The fourth-order valence-electron chi connectivity index (χ4n) is 1.46. The molecule has 19 heavy (non-hydrogen) atoms. The number of rotatable bonds is 5. The SMILES string of the molecule is O=NCC(=NNC(=O)c1cccs1)c1ccccc1. The van der Waals surface area contributed by atoms with Crippen molar-refractivity contribution in [1.29, 1.82) is 0 Å². The summed E-state index contributed by atoms with van der Waals surface area (Å²) in [6, 6.07) is 12.6. The molecular weight excluding hydrogens is 262 g/mol. The van der Waals surface area contributed by atoms with Crippen LogP contribution in [0.25, 0.3) is 0 Å². The molecule has 2 rings (SSSR count). The zero-order chi connectivity index (χ0) is 13.5. The molecule has 0 bridgehead atoms. The monoisotopic (exact) mass is 273 g/mol. The van der Waals surface area contributed by atoms with Crippen LogP contribution in [0.15, 0.2) is 58.1 Å². The third-order valence-corrected chi connectivity index (χ3v) is 3.23. The summed E-state index contributed by atoms with van der Waals surface area (Å²) in [7, 11) is 0. The fourth-order valence-corrected chi connectivity index (χ4v) is 2.08. The van der Waals surface area contributed by atoms with Crippen LogP contribution in [0.1, 0.15) is 15.2 Å². The van der Waals surface area contributed by atoms with E-state index in [1.165, 1.54) is 11.3 Å². The summed E-state index contributed by atoms with van der Waals surface area (Å²) in [6.45, 7) is -0.0886. The van der Waals surface area contributed by atoms with Crippen molar-refractivity contribution in [1.82, 2.24) is 5.43 Å². The summed E-state index contributed by atoms with van der Waals surface area (Å²) in [4.78, 5) is 22.7. The lowest BCUT2D eigenvalue weighted by atomic mass is 10.1. The van der Waals surface area contributed by atoms with Crippen LogP contribution in [-0.4, -0.2) is 18.2 Å². The Labute approximate surface area is 113 Å². The van der Waals surface area contributed by atoms with Gasteiger partial charge in [0, 0.05) is 0 Å². The van der Waals surface area contributed by atoms with Crippen molar-refractivity contribution < 1.29 is 4.79 Å². The molecule has 1 N–H and O–H groups in total. The third-order valence-electron chi connectivity index (χ3n) is 2.36. The molecule has 6 heteroatoms. The second-order valence-corrected chi connectivity index (χ2v) is 4.58. The third kappa shape index (κ3) is 3.56. The highest BCUT2D eigenvalue weighted by Crippen LogP contribution is 2.08. The van der Waals surface area contributed by atoms with Crippen molar-refractivity contribution in [2.24, 2.45) is 10.3 Å². The molecule has 1 aromatic heterocycles. The largest absolute Gasteiger partial charge is 0.281 e. The molecule has 0 spiro atoms. The lowest BCUT2D eigenvalue weighted by Gasteiger charge is -2.03. The van der Waals surface area contributed by atoms with Gasteiger partial charge in [-0.1, -0.05) is 41.6 Å². The summed E-state index contributed by atoms with van der Waals surface area (Å²) in [6.07, 6.45) is 0. The first-order valence-electron chi connectivity index (χ1n) is 5.56. The summed E-state index contributed by atoms with van der Waals surface area (Å²) in [5, 5.41) is 8.60. The Hall–Kier alpha value is -2.34. The molecule has 0 aliphatic carbocycles. The molecule has 96 valence electrons. The van der Waals surface area contributed by atoms with Gasteiger partial charge in [-0.25, -0.2) is 5.43 Å². The van der Waals surface area contributed by atoms with E-state index in [1.54, 1.807) is 24.3 Å². The van der Waals surface area contributed by atoms with E-state index in [4.69, 9.17) is 0 Å². The van der Waals surface area contributed by atoms with Gasteiger partial charge < -0.3 is 0 Å². The van der Waals surface area contributed by atoms with E-state index in [1.807, 2.05) is 23.6 Å². The van der Waals surface area contributed by atoms with Crippen molar-refractivity contribution in [3.05, 3.63) is 63.2 Å². The molecule has 0 saturated carbocycles. The van der Waals surface area contributed by atoms with Gasteiger partial charge in [0.2, 0.25) is 0 Å². The molecule has 2 aromatic rings. The molecule has 0 atom stereocenters. The summed E-state index contributed by atoms with van der Waals surface area (Å²) in [5.41, 5.74) is 3.62. The maximum Gasteiger partial charge on any atom is 0.281 e. The van der Waals surface area contributed by atoms with Crippen LogP contribution in [0, 0.1) is 4.91 Å². The molecule has 1 amide bonds. The van der Waals surface area contributed by atoms with Crippen LogP contribution >= 0.6 is 11.3 Å². The van der Waals surface area contributed by atoms with Gasteiger partial charge in [-0.15, -0.1) is 11.3 Å². The average molecular weight is 273 g/mol. The van der Waals surface area contributed by atoms with E-state index < -0.39 is 0 Å². The molecule has 0 fully saturated rings. The number of nitrogens with one attached hydrogen (secondary N) is 1. The summed E-state index contributed by atoms with van der Waals surface area (Å²) in [5.74, 6) is -0.297. The fraction of sp³-hybridized carbons (Fsp3) is 0.0769. The van der Waals surface area contributed by atoms with Gasteiger partial charge in [0.25, 0.3) is 5.91 Å². The highest BCUT2D eigenvalue weighted by molar-refractivity contribution is 7.12. The van der Waals surface area contributed by atoms with E-state index in [-0.39, 0.29) is 12.5 Å². The minimum absolute atomic E-state index is 0.0886. The standard InChI is InChI=1S/C13H11N3O2S/c17-13(12-7-4-8-19-12)16-15-11(9-14-18)10-5-2-1-3-6-10/h1-8H,9H2,(H,16,17). The number of hydrogen-bond donors (Lipinski definition) is 1. The first-order chi connectivity index (χ1) is 9.31. The van der Waals surface area contributed by atoms with Crippen LogP contribution in [0.3, 0.4) is 0 Å². The number of carbonyl (C=O) groups excluding carboxylic acids is 1. The lowest BCUT2D eigenvalue weighted by molar-refractivity contribution is 0.0959. The van der Waals surface area contributed by atoms with Crippen molar-refractivity contribution in [2.45, 2.75) is 0 Å². The molecule has 0 saturated heterocycles. The normalized spacial score (nSPS) is 11.1. The van der Waals surface area contributed by atoms with Crippen LogP contribution in [-0.2, 0) is 0 Å². The second kappa shape index (κ2) is 6.55. The zero-order valence-corrected chi connectivity index (χ0v) is 10.8. The van der Waals surface area contributed by atoms with Gasteiger partial charge in [0.05, 0.1) is 10.6 Å². The van der Waals surface area contributed by atoms with E-state index in [2.05, 4.69) is 15.7 Å². The zero-order valence-electron chi connectivity index (χ0n) is 9.95. The highest BCUT2D eigenvalue weighted by Gasteiger charge is 2.07. The Morgan fingerprint density at radius 2 is 1.95 bits per heavy atom. The Morgan fingerprint density at radius 3 is 2.58 bits per heavy atom. The smallest absolute Gasteiger partial charge is 0.266 e. The number of thiophene rings is 1. The molecule has 0 unspecified atom stereocenters. The highest BCUT2D eigenvalue weighted by atomic mass is 32.1. The molecule has 1 aromatic carbocycles. The topological polar surface area (TPSA) is 70.9 Å². The molecule has 0 radical (unpaired) electrons. The summed E-state index contributed by atoms with van der Waals surface area (Å²) >= 11 is 1.33. The quantitative estimate of drug-likeness (QED) is 0.517. The van der Waals surface area contributed by atoms with Crippen LogP contribution in [0.4, 0.5) is 0 Å². The van der Waals surface area contributed by atoms with Crippen LogP contribution in [0.2, 0.25) is 0 Å². The molecule has 1 heterocycles. The van der Waals surface area contributed by atoms with Crippen LogP contribution in [0.5, 0.6) is 0 Å². The first-order valence-corrected chi connectivity index (χ1v) is 6.44. The Bertz CT molecular complexity index is 579. The maximum absolute atomic E-state index is 11.7. The van der Waals surface area contributed by atoms with Crippen molar-refractivity contribution >= 4 is 23.0 Å². The van der Waals surface area contributed by atoms with Gasteiger partial charge in [-0.3, -0.25) is 4.79 Å². The number of benzene rings is 1. The van der Waals surface area contributed by atoms with Gasteiger partial charge >= 0.3 is 0 Å². The van der Waals surface area contributed by atoms with Gasteiger partial charge in [-0.2, -0.15) is 10.0 Å². The summed E-state index contributed by atoms with van der Waals surface area (Å²) < 4.78 is 0. The van der Waals surface area contributed by atoms with Crippen LogP contribution < -0.4 is 5.43 Å². The Morgan fingerprint density at radius 1 is 1.16 bits per heavy atom. The first kappa shape index (κ1) is 13.1. The van der Waals surface area contributed by atoms with E-state index in [0.717, 1.165) is 5.56 Å². The number of hydrogen-bond acceptors (Lipinski definition) is 5. The van der Waals surface area contributed by atoms with Crippen molar-refractivity contribution in [3.8, 4) is 0 Å². The maximum atomic E-state index is 11.7. The second-order valence-electron chi connectivity index (χ2n) is 3.63. The number of nitrogens with zero attached hydrogens (tertiary/aromatic N) is 2.